The number of rotatable bonds is 2. The van der Waals surface area contributed by atoms with E-state index in [1.807, 2.05) is 6.07 Å². The highest BCUT2D eigenvalue weighted by Crippen LogP contribution is 2.38. The second kappa shape index (κ2) is 5.59. The van der Waals surface area contributed by atoms with Gasteiger partial charge >= 0.3 is 6.18 Å². The van der Waals surface area contributed by atoms with Gasteiger partial charge in [0.1, 0.15) is 0 Å². The Morgan fingerprint density at radius 2 is 1.54 bits per heavy atom. The molecule has 4 nitrogen and oxygen atoms in total. The second-order valence-corrected chi connectivity index (χ2v) is 5.81. The Kier molecular flexibility index (Phi) is 3.47. The number of nitrogens with one attached hydrogen (secondary N) is 1. The summed E-state index contributed by atoms with van der Waals surface area (Å²) in [7, 11) is 0. The van der Waals surface area contributed by atoms with Gasteiger partial charge in [-0.2, -0.15) is 13.2 Å². The average Bonchev–Trinajstić information content (AvgIpc) is 3.14. The van der Waals surface area contributed by atoms with Gasteiger partial charge in [0.05, 0.1) is 28.1 Å². The Hall–Kier alpha value is -3.35. The van der Waals surface area contributed by atoms with Crippen molar-refractivity contribution in [2.24, 2.45) is 4.99 Å². The molecule has 1 aromatic heterocycles. The maximum atomic E-state index is 12.7. The Labute approximate surface area is 145 Å². The summed E-state index contributed by atoms with van der Waals surface area (Å²) in [4.78, 5) is 19.1. The van der Waals surface area contributed by atoms with E-state index in [-0.39, 0.29) is 22.7 Å². The van der Waals surface area contributed by atoms with Crippen LogP contribution in [0, 0.1) is 0 Å². The van der Waals surface area contributed by atoms with Crippen molar-refractivity contribution in [1.29, 1.82) is 0 Å². The van der Waals surface area contributed by atoms with Crippen LogP contribution >= 0.6 is 0 Å². The smallest absolute Gasteiger partial charge is 0.416 e. The van der Waals surface area contributed by atoms with Gasteiger partial charge in [-0.1, -0.05) is 42.5 Å². The number of alkyl halides is 3. The lowest BCUT2D eigenvalue weighted by Gasteiger charge is -2.07. The van der Waals surface area contributed by atoms with E-state index in [4.69, 9.17) is 0 Å². The lowest BCUT2D eigenvalue weighted by atomic mass is 9.99. The molecule has 1 aliphatic heterocycles. The number of aromatic hydroxyl groups is 1. The fraction of sp³-hybridized carbons (Fsp3) is 0.0526. The van der Waals surface area contributed by atoms with Crippen LogP contribution in [0.4, 0.5) is 13.2 Å². The van der Waals surface area contributed by atoms with E-state index in [1.54, 1.807) is 24.3 Å². The fourth-order valence-corrected chi connectivity index (χ4v) is 2.99. The standard InChI is InChI=1S/C19H11F3N2O2/c20-19(21,22)12-8-6-11(7-9-12)16-14-13(17(25)24-16)15(23-18(14)26)10-4-2-1-3-5-10/h1-9,23,26H. The number of carbonyl (C=O) groups is 1. The molecular weight excluding hydrogens is 345 g/mol. The Balaban J connectivity index is 1.81. The minimum Gasteiger partial charge on any atom is -0.494 e. The normalized spacial score (nSPS) is 13.7. The van der Waals surface area contributed by atoms with E-state index in [0.717, 1.165) is 12.1 Å². The highest BCUT2D eigenvalue weighted by atomic mass is 19.4. The maximum absolute atomic E-state index is 12.7. The van der Waals surface area contributed by atoms with Gasteiger partial charge in [-0.25, -0.2) is 4.99 Å². The zero-order valence-corrected chi connectivity index (χ0v) is 13.1. The molecule has 0 unspecified atom stereocenters. The van der Waals surface area contributed by atoms with Gasteiger partial charge in [-0.05, 0) is 17.7 Å². The van der Waals surface area contributed by atoms with Gasteiger partial charge in [0.15, 0.2) is 5.88 Å². The van der Waals surface area contributed by atoms with Crippen LogP contribution in [0.3, 0.4) is 0 Å². The fourth-order valence-electron chi connectivity index (χ4n) is 2.99. The quantitative estimate of drug-likeness (QED) is 0.715. The number of nitrogens with zero attached hydrogens (tertiary/aromatic N) is 1. The predicted molar refractivity (Wildman–Crippen MR) is 89.3 cm³/mol. The molecule has 0 saturated carbocycles. The van der Waals surface area contributed by atoms with E-state index in [1.165, 1.54) is 12.1 Å². The third-order valence-corrected chi connectivity index (χ3v) is 4.19. The van der Waals surface area contributed by atoms with Crippen LogP contribution in [0.15, 0.2) is 59.6 Å². The SMILES string of the molecule is O=C1N=C(c2ccc(C(F)(F)F)cc2)c2c(O)[nH]c(-c3ccccc3)c21. The molecule has 0 radical (unpaired) electrons. The molecule has 2 N–H and O–H groups in total. The molecular formula is C19H11F3N2O2. The summed E-state index contributed by atoms with van der Waals surface area (Å²) in [5.41, 5.74) is 1.20. The summed E-state index contributed by atoms with van der Waals surface area (Å²) in [6.45, 7) is 0. The van der Waals surface area contributed by atoms with Gasteiger partial charge in [0, 0.05) is 5.56 Å². The summed E-state index contributed by atoms with van der Waals surface area (Å²) in [5.74, 6) is -0.798. The molecule has 0 aliphatic carbocycles. The lowest BCUT2D eigenvalue weighted by Crippen LogP contribution is -2.06. The monoisotopic (exact) mass is 356 g/mol. The van der Waals surface area contributed by atoms with E-state index in [9.17, 15) is 23.1 Å². The van der Waals surface area contributed by atoms with Crippen molar-refractivity contribution in [3.8, 4) is 17.1 Å². The minimum atomic E-state index is -4.45. The summed E-state index contributed by atoms with van der Waals surface area (Å²) in [6.07, 6.45) is -4.45. The molecule has 2 heterocycles. The zero-order valence-electron chi connectivity index (χ0n) is 13.1. The van der Waals surface area contributed by atoms with Crippen LogP contribution in [0.2, 0.25) is 0 Å². The van der Waals surface area contributed by atoms with E-state index >= 15 is 0 Å². The maximum Gasteiger partial charge on any atom is 0.416 e. The van der Waals surface area contributed by atoms with Crippen LogP contribution in [0.25, 0.3) is 11.3 Å². The molecule has 1 aliphatic rings. The second-order valence-electron chi connectivity index (χ2n) is 5.81. The molecule has 0 saturated heterocycles. The van der Waals surface area contributed by atoms with Crippen LogP contribution in [0.1, 0.15) is 27.0 Å². The van der Waals surface area contributed by atoms with Gasteiger partial charge < -0.3 is 10.1 Å². The number of H-pyrrole nitrogens is 1. The molecule has 3 aromatic rings. The van der Waals surface area contributed by atoms with Crippen molar-refractivity contribution in [1.82, 2.24) is 4.98 Å². The Morgan fingerprint density at radius 1 is 0.885 bits per heavy atom. The predicted octanol–water partition coefficient (Wildman–Crippen LogP) is 4.40. The zero-order chi connectivity index (χ0) is 18.5. The molecule has 26 heavy (non-hydrogen) atoms. The number of aromatic amines is 1. The summed E-state index contributed by atoms with van der Waals surface area (Å²) < 4.78 is 38.2. The van der Waals surface area contributed by atoms with Crippen molar-refractivity contribution in [2.45, 2.75) is 6.18 Å². The third-order valence-electron chi connectivity index (χ3n) is 4.19. The lowest BCUT2D eigenvalue weighted by molar-refractivity contribution is -0.137. The number of carbonyl (C=O) groups excluding carboxylic acids is 1. The van der Waals surface area contributed by atoms with E-state index in [0.29, 0.717) is 16.8 Å². The number of hydrogen-bond acceptors (Lipinski definition) is 2. The van der Waals surface area contributed by atoms with Crippen molar-refractivity contribution in [3.05, 3.63) is 76.9 Å². The molecule has 4 rings (SSSR count). The number of aliphatic imine (C=N–C) groups is 1. The van der Waals surface area contributed by atoms with Crippen molar-refractivity contribution in [3.63, 3.8) is 0 Å². The van der Waals surface area contributed by atoms with Crippen LogP contribution in [-0.4, -0.2) is 21.7 Å². The molecule has 1 amide bonds. The van der Waals surface area contributed by atoms with Crippen LogP contribution in [0.5, 0.6) is 5.88 Å². The first-order valence-electron chi connectivity index (χ1n) is 7.67. The number of fused-ring (bicyclic) bond motifs is 1. The first kappa shape index (κ1) is 16.1. The number of hydrogen-bond donors (Lipinski definition) is 2. The van der Waals surface area contributed by atoms with Crippen molar-refractivity contribution in [2.75, 3.05) is 0 Å². The highest BCUT2D eigenvalue weighted by Gasteiger charge is 2.34. The third kappa shape index (κ3) is 2.48. The van der Waals surface area contributed by atoms with Gasteiger partial charge in [0.2, 0.25) is 0 Å². The average molecular weight is 356 g/mol. The number of benzene rings is 2. The van der Waals surface area contributed by atoms with Gasteiger partial charge in [-0.15, -0.1) is 0 Å². The summed E-state index contributed by atoms with van der Waals surface area (Å²) in [5, 5.41) is 10.3. The molecule has 130 valence electrons. The van der Waals surface area contributed by atoms with E-state index in [2.05, 4.69) is 9.98 Å². The molecule has 0 spiro atoms. The highest BCUT2D eigenvalue weighted by molar-refractivity contribution is 6.30. The first-order valence-corrected chi connectivity index (χ1v) is 7.67. The summed E-state index contributed by atoms with van der Waals surface area (Å²) >= 11 is 0. The van der Waals surface area contributed by atoms with Crippen LogP contribution in [-0.2, 0) is 6.18 Å². The van der Waals surface area contributed by atoms with E-state index < -0.39 is 17.6 Å². The number of halogens is 3. The summed E-state index contributed by atoms with van der Waals surface area (Å²) in [6, 6.07) is 13.2. The number of aromatic nitrogens is 1. The van der Waals surface area contributed by atoms with Gasteiger partial charge in [0.25, 0.3) is 5.91 Å². The first-order chi connectivity index (χ1) is 12.4. The minimum absolute atomic E-state index is 0.148. The molecule has 0 fully saturated rings. The Morgan fingerprint density at radius 3 is 2.15 bits per heavy atom. The Bertz CT molecular complexity index is 1030. The van der Waals surface area contributed by atoms with Crippen molar-refractivity contribution < 1.29 is 23.1 Å². The molecule has 7 heteroatoms. The van der Waals surface area contributed by atoms with Crippen LogP contribution < -0.4 is 0 Å². The molecule has 0 bridgehead atoms. The largest absolute Gasteiger partial charge is 0.494 e. The van der Waals surface area contributed by atoms with Gasteiger partial charge in [-0.3, -0.25) is 4.79 Å². The van der Waals surface area contributed by atoms with Crippen molar-refractivity contribution >= 4 is 11.6 Å². The topological polar surface area (TPSA) is 65.4 Å². The number of amides is 1. The molecule has 2 aromatic carbocycles. The molecule has 0 atom stereocenters.